The number of carbonyl (C=O) groups is 1. The predicted molar refractivity (Wildman–Crippen MR) is 77.2 cm³/mol. The first-order chi connectivity index (χ1) is 9.26. The zero-order valence-corrected chi connectivity index (χ0v) is 12.5. The van der Waals surface area contributed by atoms with Gasteiger partial charge in [0.1, 0.15) is 5.60 Å². The first kappa shape index (κ1) is 14.7. The van der Waals surface area contributed by atoms with Gasteiger partial charge < -0.3 is 19.8 Å². The maximum Gasteiger partial charge on any atom is 0.410 e. The highest BCUT2D eigenvalue weighted by atomic mass is 16.6. The van der Waals surface area contributed by atoms with E-state index in [1.807, 2.05) is 33.8 Å². The Labute approximate surface area is 119 Å². The van der Waals surface area contributed by atoms with Gasteiger partial charge in [-0.3, -0.25) is 0 Å². The average molecular weight is 278 g/mol. The van der Waals surface area contributed by atoms with E-state index in [2.05, 4.69) is 0 Å². The molecule has 5 heteroatoms. The van der Waals surface area contributed by atoms with Gasteiger partial charge in [-0.05, 0) is 38.8 Å². The van der Waals surface area contributed by atoms with Crippen LogP contribution in [0.15, 0.2) is 23.0 Å². The fraction of sp³-hybridized carbons (Fsp3) is 0.533. The Morgan fingerprint density at radius 3 is 2.70 bits per heavy atom. The Morgan fingerprint density at radius 2 is 2.15 bits per heavy atom. The molecule has 0 aromatic carbocycles. The van der Waals surface area contributed by atoms with E-state index in [9.17, 15) is 4.79 Å². The first-order valence-corrected chi connectivity index (χ1v) is 6.73. The molecule has 0 bridgehead atoms. The van der Waals surface area contributed by atoms with Crippen molar-refractivity contribution in [3.8, 4) is 0 Å². The van der Waals surface area contributed by atoms with Crippen molar-refractivity contribution >= 4 is 11.7 Å². The van der Waals surface area contributed by atoms with Gasteiger partial charge in [-0.15, -0.1) is 0 Å². The third-order valence-corrected chi connectivity index (χ3v) is 3.06. The van der Waals surface area contributed by atoms with E-state index >= 15 is 0 Å². The van der Waals surface area contributed by atoms with Crippen molar-refractivity contribution < 1.29 is 13.9 Å². The van der Waals surface area contributed by atoms with Crippen molar-refractivity contribution in [2.75, 3.05) is 13.1 Å². The quantitative estimate of drug-likeness (QED) is 0.857. The number of rotatable bonds is 1. The Balaban J connectivity index is 2.15. The molecule has 1 amide bonds. The molecule has 0 spiro atoms. The van der Waals surface area contributed by atoms with Gasteiger partial charge in [0.25, 0.3) is 0 Å². The lowest BCUT2D eigenvalue weighted by Gasteiger charge is -2.32. The van der Waals surface area contributed by atoms with Crippen LogP contribution >= 0.6 is 0 Å². The molecule has 0 saturated carbocycles. The summed E-state index contributed by atoms with van der Waals surface area (Å²) in [5.74, 6) is 0. The highest BCUT2D eigenvalue weighted by Gasteiger charge is 2.27. The maximum atomic E-state index is 12.2. The second-order valence-electron chi connectivity index (χ2n) is 6.19. The minimum Gasteiger partial charge on any atom is -0.472 e. The molecule has 1 aliphatic rings. The van der Waals surface area contributed by atoms with E-state index in [1.165, 1.54) is 0 Å². The van der Waals surface area contributed by atoms with Crippen LogP contribution in [0.2, 0.25) is 0 Å². The molecule has 2 heterocycles. The maximum absolute atomic E-state index is 12.2. The topological polar surface area (TPSA) is 68.7 Å². The zero-order valence-electron chi connectivity index (χ0n) is 12.5. The van der Waals surface area contributed by atoms with Crippen LogP contribution < -0.4 is 5.73 Å². The molecule has 5 nitrogen and oxygen atoms in total. The molecular formula is C15H22N2O3. The third-order valence-electron chi connectivity index (χ3n) is 3.06. The Morgan fingerprint density at radius 1 is 1.45 bits per heavy atom. The van der Waals surface area contributed by atoms with Crippen molar-refractivity contribution in [1.82, 2.24) is 4.90 Å². The lowest BCUT2D eigenvalue weighted by Crippen LogP contribution is -2.46. The van der Waals surface area contributed by atoms with Crippen molar-refractivity contribution in [2.45, 2.75) is 39.3 Å². The number of nitrogens with zero attached hydrogens (tertiary/aromatic N) is 1. The predicted octanol–water partition coefficient (Wildman–Crippen LogP) is 2.55. The molecule has 20 heavy (non-hydrogen) atoms. The Bertz CT molecular complexity index is 525. The van der Waals surface area contributed by atoms with Gasteiger partial charge in [-0.25, -0.2) is 4.79 Å². The van der Waals surface area contributed by atoms with E-state index in [0.29, 0.717) is 13.1 Å². The first-order valence-electron chi connectivity index (χ1n) is 6.73. The number of amides is 1. The SMILES string of the molecule is Cc1cocc1C1=CC(N)CN(C(=O)OC(C)(C)C)C1. The molecule has 0 radical (unpaired) electrons. The van der Waals surface area contributed by atoms with E-state index in [-0.39, 0.29) is 12.1 Å². The van der Waals surface area contributed by atoms with Gasteiger partial charge in [0, 0.05) is 24.7 Å². The molecule has 2 N–H and O–H groups in total. The Kier molecular flexibility index (Phi) is 3.90. The van der Waals surface area contributed by atoms with Crippen LogP contribution in [0.25, 0.3) is 5.57 Å². The number of hydrogen-bond donors (Lipinski definition) is 1. The summed E-state index contributed by atoms with van der Waals surface area (Å²) >= 11 is 0. The highest BCUT2D eigenvalue weighted by Crippen LogP contribution is 2.25. The second-order valence-corrected chi connectivity index (χ2v) is 6.19. The number of furan rings is 1. The minimum atomic E-state index is -0.506. The van der Waals surface area contributed by atoms with Gasteiger partial charge in [0.2, 0.25) is 0 Å². The summed E-state index contributed by atoms with van der Waals surface area (Å²) in [7, 11) is 0. The largest absolute Gasteiger partial charge is 0.472 e. The summed E-state index contributed by atoms with van der Waals surface area (Å²) in [4.78, 5) is 13.8. The second kappa shape index (κ2) is 5.32. The summed E-state index contributed by atoms with van der Waals surface area (Å²) in [6.07, 6.45) is 5.03. The molecule has 1 aromatic heterocycles. The van der Waals surface area contributed by atoms with Gasteiger partial charge in [-0.2, -0.15) is 0 Å². The summed E-state index contributed by atoms with van der Waals surface area (Å²) in [6.45, 7) is 8.49. The van der Waals surface area contributed by atoms with Crippen LogP contribution in [0.5, 0.6) is 0 Å². The molecule has 1 unspecified atom stereocenters. The van der Waals surface area contributed by atoms with Gasteiger partial charge >= 0.3 is 6.09 Å². The van der Waals surface area contributed by atoms with Crippen LogP contribution in [0.3, 0.4) is 0 Å². The molecule has 0 aliphatic carbocycles. The summed E-state index contributed by atoms with van der Waals surface area (Å²) in [5, 5.41) is 0. The third kappa shape index (κ3) is 3.42. The smallest absolute Gasteiger partial charge is 0.410 e. The average Bonchev–Trinajstić information content (AvgIpc) is 2.72. The number of aryl methyl sites for hydroxylation is 1. The molecule has 0 fully saturated rings. The summed E-state index contributed by atoms with van der Waals surface area (Å²) in [5.41, 5.74) is 8.54. The van der Waals surface area contributed by atoms with E-state index < -0.39 is 5.60 Å². The van der Waals surface area contributed by atoms with Crippen LogP contribution in [-0.2, 0) is 4.74 Å². The van der Waals surface area contributed by atoms with Crippen molar-refractivity contribution in [2.24, 2.45) is 5.73 Å². The van der Waals surface area contributed by atoms with Gasteiger partial charge in [0.05, 0.1) is 12.5 Å². The van der Waals surface area contributed by atoms with E-state index in [0.717, 1.165) is 16.7 Å². The molecule has 1 aliphatic heterocycles. The van der Waals surface area contributed by atoms with Crippen LogP contribution in [0, 0.1) is 6.92 Å². The molecule has 1 atom stereocenters. The summed E-state index contributed by atoms with van der Waals surface area (Å²) < 4.78 is 10.6. The normalized spacial score (nSPS) is 19.8. The molecule has 2 rings (SSSR count). The lowest BCUT2D eigenvalue weighted by molar-refractivity contribution is 0.0265. The minimum absolute atomic E-state index is 0.194. The lowest BCUT2D eigenvalue weighted by atomic mass is 9.99. The highest BCUT2D eigenvalue weighted by molar-refractivity contribution is 5.76. The summed E-state index contributed by atoms with van der Waals surface area (Å²) in [6, 6.07) is -0.194. The molecule has 1 aromatic rings. The Hall–Kier alpha value is -1.75. The van der Waals surface area contributed by atoms with Crippen LogP contribution in [0.1, 0.15) is 31.9 Å². The number of hydrogen-bond acceptors (Lipinski definition) is 4. The van der Waals surface area contributed by atoms with Crippen molar-refractivity contribution in [1.29, 1.82) is 0 Å². The van der Waals surface area contributed by atoms with Gasteiger partial charge in [-0.1, -0.05) is 6.08 Å². The number of carbonyl (C=O) groups excluding carboxylic acids is 1. The number of nitrogens with two attached hydrogens (primary N) is 1. The van der Waals surface area contributed by atoms with Crippen LogP contribution in [-0.4, -0.2) is 35.7 Å². The monoisotopic (exact) mass is 278 g/mol. The van der Waals surface area contributed by atoms with E-state index in [1.54, 1.807) is 17.4 Å². The fourth-order valence-corrected chi connectivity index (χ4v) is 2.22. The fourth-order valence-electron chi connectivity index (χ4n) is 2.22. The van der Waals surface area contributed by atoms with Gasteiger partial charge in [0.15, 0.2) is 0 Å². The van der Waals surface area contributed by atoms with E-state index in [4.69, 9.17) is 14.9 Å². The standard InChI is InChI=1S/C15H22N2O3/c1-10-8-19-9-13(10)11-5-12(16)7-17(6-11)14(18)20-15(2,3)4/h5,8-9,12H,6-7,16H2,1-4H3. The zero-order chi connectivity index (χ0) is 14.9. The number of ether oxygens (including phenoxy) is 1. The van der Waals surface area contributed by atoms with Crippen molar-refractivity contribution in [3.05, 3.63) is 29.7 Å². The molecular weight excluding hydrogens is 256 g/mol. The van der Waals surface area contributed by atoms with Crippen LogP contribution in [0.4, 0.5) is 4.79 Å². The molecule has 0 saturated heterocycles. The molecule has 110 valence electrons. The van der Waals surface area contributed by atoms with Crippen molar-refractivity contribution in [3.63, 3.8) is 0 Å².